The van der Waals surface area contributed by atoms with Gasteiger partial charge in [0.15, 0.2) is 17.1 Å². The average molecular weight is 433 g/mol. The fourth-order valence-corrected chi connectivity index (χ4v) is 4.03. The van der Waals surface area contributed by atoms with Crippen LogP contribution in [0.3, 0.4) is 0 Å². The van der Waals surface area contributed by atoms with Gasteiger partial charge in [-0.3, -0.25) is 4.79 Å². The zero-order valence-electron chi connectivity index (χ0n) is 16.7. The van der Waals surface area contributed by atoms with E-state index in [9.17, 15) is 4.79 Å². The monoisotopic (exact) mass is 433 g/mol. The number of aryl methyl sites for hydroxylation is 1. The van der Waals surface area contributed by atoms with Crippen LogP contribution in [0.15, 0.2) is 60.0 Å². The molecule has 2 aromatic carbocycles. The molecule has 2 aromatic heterocycles. The third kappa shape index (κ3) is 4.04. The summed E-state index contributed by atoms with van der Waals surface area (Å²) in [6.45, 7) is 3.07. The second kappa shape index (κ2) is 8.27. The van der Waals surface area contributed by atoms with Crippen LogP contribution in [0.25, 0.3) is 16.7 Å². The molecule has 0 unspecified atom stereocenters. The maximum absolute atomic E-state index is 12.5. The second-order valence-corrected chi connectivity index (χ2v) is 7.97. The fraction of sp³-hybridized carbons (Fsp3) is 0.182. The van der Waals surface area contributed by atoms with E-state index in [1.54, 1.807) is 29.1 Å². The molecule has 1 N–H and O–H groups in total. The highest BCUT2D eigenvalue weighted by molar-refractivity contribution is 8.00. The van der Waals surface area contributed by atoms with Gasteiger partial charge in [-0.05, 0) is 31.2 Å². The van der Waals surface area contributed by atoms with Crippen molar-refractivity contribution < 1.29 is 14.3 Å². The minimum absolute atomic E-state index is 0.139. The lowest BCUT2D eigenvalue weighted by Gasteiger charge is -2.19. The number of anilines is 1. The maximum Gasteiger partial charge on any atom is 0.234 e. The van der Waals surface area contributed by atoms with Crippen molar-refractivity contribution in [2.45, 2.75) is 11.9 Å². The summed E-state index contributed by atoms with van der Waals surface area (Å²) < 4.78 is 12.8. The number of carbonyl (C=O) groups is 1. The quantitative estimate of drug-likeness (QED) is 0.380. The van der Waals surface area contributed by atoms with E-state index in [0.29, 0.717) is 41.1 Å². The van der Waals surface area contributed by atoms with Crippen LogP contribution in [0, 0.1) is 6.92 Å². The number of ether oxygens (including phenoxy) is 2. The Hall–Kier alpha value is -3.59. The third-order valence-corrected chi connectivity index (χ3v) is 5.78. The number of thioether (sulfide) groups is 1. The van der Waals surface area contributed by atoms with Crippen molar-refractivity contribution in [3.8, 4) is 17.2 Å². The van der Waals surface area contributed by atoms with E-state index in [1.165, 1.54) is 23.7 Å². The fourth-order valence-electron chi connectivity index (χ4n) is 3.26. The van der Waals surface area contributed by atoms with Gasteiger partial charge in [0, 0.05) is 11.8 Å². The first kappa shape index (κ1) is 19.4. The van der Waals surface area contributed by atoms with Crippen LogP contribution < -0.4 is 14.8 Å². The molecule has 1 aliphatic heterocycles. The molecule has 0 fully saturated rings. The summed E-state index contributed by atoms with van der Waals surface area (Å²) in [5.41, 5.74) is 3.46. The number of nitrogens with one attached hydrogen (secondary N) is 1. The molecule has 156 valence electrons. The summed E-state index contributed by atoms with van der Waals surface area (Å²) >= 11 is 1.34. The Bertz CT molecular complexity index is 1260. The summed E-state index contributed by atoms with van der Waals surface area (Å²) in [6, 6.07) is 13.4. The molecule has 1 amide bonds. The molecule has 9 heteroatoms. The zero-order valence-corrected chi connectivity index (χ0v) is 17.6. The third-order valence-electron chi connectivity index (χ3n) is 4.77. The van der Waals surface area contributed by atoms with Crippen molar-refractivity contribution in [2.75, 3.05) is 24.3 Å². The first-order valence-corrected chi connectivity index (χ1v) is 10.7. The van der Waals surface area contributed by atoms with Crippen molar-refractivity contribution in [3.63, 3.8) is 0 Å². The molecule has 5 rings (SSSR count). The maximum atomic E-state index is 12.5. The van der Waals surface area contributed by atoms with Gasteiger partial charge in [-0.25, -0.2) is 14.6 Å². The largest absolute Gasteiger partial charge is 0.486 e. The SMILES string of the molecule is Cc1ccc(-n2ncc3c(SCC(=O)Nc4ccc5c(c4)OCCO5)ncnc32)cc1. The van der Waals surface area contributed by atoms with Crippen molar-refractivity contribution in [3.05, 3.63) is 60.6 Å². The molecule has 0 atom stereocenters. The molecule has 0 spiro atoms. The van der Waals surface area contributed by atoms with E-state index in [-0.39, 0.29) is 11.7 Å². The van der Waals surface area contributed by atoms with Gasteiger partial charge < -0.3 is 14.8 Å². The number of aromatic nitrogens is 4. The Morgan fingerprint density at radius 1 is 1.10 bits per heavy atom. The molecular weight excluding hydrogens is 414 g/mol. The lowest BCUT2D eigenvalue weighted by Crippen LogP contribution is -2.17. The summed E-state index contributed by atoms with van der Waals surface area (Å²) in [4.78, 5) is 21.2. The van der Waals surface area contributed by atoms with Gasteiger partial charge in [-0.2, -0.15) is 5.10 Å². The van der Waals surface area contributed by atoms with Gasteiger partial charge in [0.2, 0.25) is 5.91 Å². The number of hydrogen-bond acceptors (Lipinski definition) is 7. The van der Waals surface area contributed by atoms with Crippen molar-refractivity contribution in [1.82, 2.24) is 19.7 Å². The molecule has 0 aliphatic carbocycles. The van der Waals surface area contributed by atoms with E-state index < -0.39 is 0 Å². The molecule has 0 bridgehead atoms. The summed E-state index contributed by atoms with van der Waals surface area (Å²) in [6.07, 6.45) is 3.23. The molecule has 8 nitrogen and oxygen atoms in total. The molecule has 31 heavy (non-hydrogen) atoms. The van der Waals surface area contributed by atoms with Crippen LogP contribution in [-0.4, -0.2) is 44.6 Å². The number of hydrogen-bond donors (Lipinski definition) is 1. The predicted molar refractivity (Wildman–Crippen MR) is 118 cm³/mol. The van der Waals surface area contributed by atoms with Crippen molar-refractivity contribution >= 4 is 34.4 Å². The number of benzene rings is 2. The first-order chi connectivity index (χ1) is 15.2. The van der Waals surface area contributed by atoms with Crippen molar-refractivity contribution in [1.29, 1.82) is 0 Å². The van der Waals surface area contributed by atoms with Crippen LogP contribution in [0.4, 0.5) is 5.69 Å². The lowest BCUT2D eigenvalue weighted by atomic mass is 10.2. The lowest BCUT2D eigenvalue weighted by molar-refractivity contribution is -0.113. The van der Waals surface area contributed by atoms with E-state index in [1.807, 2.05) is 31.2 Å². The highest BCUT2D eigenvalue weighted by atomic mass is 32.2. The average Bonchev–Trinajstić information content (AvgIpc) is 3.23. The van der Waals surface area contributed by atoms with Gasteiger partial charge in [0.05, 0.1) is 23.0 Å². The van der Waals surface area contributed by atoms with Crippen molar-refractivity contribution in [2.24, 2.45) is 0 Å². The minimum Gasteiger partial charge on any atom is -0.486 e. The first-order valence-electron chi connectivity index (χ1n) is 9.75. The van der Waals surface area contributed by atoms with Crippen LogP contribution in [0.1, 0.15) is 5.56 Å². The second-order valence-electron chi connectivity index (χ2n) is 7.00. The zero-order chi connectivity index (χ0) is 21.2. The Balaban J connectivity index is 1.29. The van der Waals surface area contributed by atoms with Gasteiger partial charge in [-0.1, -0.05) is 29.5 Å². The van der Waals surface area contributed by atoms with Crippen LogP contribution in [-0.2, 0) is 4.79 Å². The van der Waals surface area contributed by atoms with E-state index in [4.69, 9.17) is 9.47 Å². The Morgan fingerprint density at radius 2 is 1.90 bits per heavy atom. The number of fused-ring (bicyclic) bond motifs is 2. The number of nitrogens with zero attached hydrogens (tertiary/aromatic N) is 4. The topological polar surface area (TPSA) is 91.2 Å². The molecule has 0 saturated carbocycles. The van der Waals surface area contributed by atoms with Gasteiger partial charge in [-0.15, -0.1) is 0 Å². The highest BCUT2D eigenvalue weighted by Crippen LogP contribution is 2.33. The smallest absolute Gasteiger partial charge is 0.234 e. The minimum atomic E-state index is -0.139. The van der Waals surface area contributed by atoms with E-state index in [2.05, 4.69) is 20.4 Å². The number of amides is 1. The van der Waals surface area contributed by atoms with Crippen LogP contribution >= 0.6 is 11.8 Å². The standard InChI is InChI=1S/C22H19N5O3S/c1-14-2-5-16(6-3-14)27-21-17(11-25-27)22(24-13-23-21)31-12-20(28)26-15-4-7-18-19(10-15)30-9-8-29-18/h2-7,10-11,13H,8-9,12H2,1H3,(H,26,28). The number of rotatable bonds is 5. The van der Waals surface area contributed by atoms with Gasteiger partial charge >= 0.3 is 0 Å². The molecule has 3 heterocycles. The predicted octanol–water partition coefficient (Wildman–Crippen LogP) is 3.63. The van der Waals surface area contributed by atoms with Gasteiger partial charge in [0.1, 0.15) is 24.6 Å². The highest BCUT2D eigenvalue weighted by Gasteiger charge is 2.15. The summed E-state index contributed by atoms with van der Waals surface area (Å²) in [5.74, 6) is 1.39. The Labute approximate surface area is 182 Å². The van der Waals surface area contributed by atoms with Crippen LogP contribution in [0.5, 0.6) is 11.5 Å². The van der Waals surface area contributed by atoms with Crippen LogP contribution in [0.2, 0.25) is 0 Å². The Morgan fingerprint density at radius 3 is 2.74 bits per heavy atom. The normalized spacial score (nSPS) is 12.7. The van der Waals surface area contributed by atoms with Gasteiger partial charge in [0.25, 0.3) is 0 Å². The molecule has 0 saturated heterocycles. The summed E-state index contributed by atoms with van der Waals surface area (Å²) in [5, 5.41) is 8.87. The van der Waals surface area contributed by atoms with E-state index in [0.717, 1.165) is 11.1 Å². The molecule has 1 aliphatic rings. The number of carbonyl (C=O) groups excluding carboxylic acids is 1. The summed E-state index contributed by atoms with van der Waals surface area (Å²) in [7, 11) is 0. The molecule has 4 aromatic rings. The molecular formula is C22H19N5O3S. The Kier molecular flexibility index (Phi) is 5.17. The molecule has 0 radical (unpaired) electrons. The van der Waals surface area contributed by atoms with E-state index >= 15 is 0 Å².